The first-order chi connectivity index (χ1) is 24.0. The maximum Gasteiger partial charge on any atom is 0.0542 e. The first-order valence-corrected chi connectivity index (χ1v) is 17.0. The number of anilines is 3. The van der Waals surface area contributed by atoms with Gasteiger partial charge in [-0.2, -0.15) is 0 Å². The Balaban J connectivity index is 1.28. The quantitative estimate of drug-likeness (QED) is 0.166. The maximum atomic E-state index is 3.85. The highest BCUT2D eigenvalue weighted by molar-refractivity contribution is 6.11. The van der Waals surface area contributed by atoms with E-state index < -0.39 is 0 Å². The largest absolute Gasteiger partial charge is 0.310 e. The molecule has 234 valence electrons. The molecule has 1 heterocycles. The third-order valence-electron chi connectivity index (χ3n) is 10.3. The van der Waals surface area contributed by atoms with Crippen LogP contribution in [0.15, 0.2) is 170 Å². The molecule has 0 fully saturated rings. The Labute approximate surface area is 287 Å². The van der Waals surface area contributed by atoms with Crippen molar-refractivity contribution in [3.8, 4) is 16.8 Å². The lowest BCUT2D eigenvalue weighted by Crippen LogP contribution is -2.16. The van der Waals surface area contributed by atoms with Crippen LogP contribution in [-0.2, 0) is 5.41 Å². The second-order valence-electron chi connectivity index (χ2n) is 13.5. The monoisotopic (exact) mass is 628 g/mol. The second kappa shape index (κ2) is 11.2. The van der Waals surface area contributed by atoms with E-state index >= 15 is 0 Å². The summed E-state index contributed by atoms with van der Waals surface area (Å²) in [5, 5.41) is 4.88. The van der Waals surface area contributed by atoms with E-state index in [1.165, 1.54) is 54.8 Å². The Morgan fingerprint density at radius 3 is 2.10 bits per heavy atom. The molecule has 0 N–H and O–H groups in total. The molecule has 0 aliphatic heterocycles. The smallest absolute Gasteiger partial charge is 0.0542 e. The molecule has 49 heavy (non-hydrogen) atoms. The van der Waals surface area contributed by atoms with Gasteiger partial charge in [0.1, 0.15) is 0 Å². The molecular formula is C47H36N2. The summed E-state index contributed by atoms with van der Waals surface area (Å²) in [6, 6.07) is 55.7. The van der Waals surface area contributed by atoms with Crippen molar-refractivity contribution in [3.05, 3.63) is 187 Å². The summed E-state index contributed by atoms with van der Waals surface area (Å²) in [5.41, 5.74) is 13.4. The summed E-state index contributed by atoms with van der Waals surface area (Å²) >= 11 is 0. The molecule has 1 aliphatic rings. The van der Waals surface area contributed by atoms with E-state index in [0.29, 0.717) is 0 Å². The van der Waals surface area contributed by atoms with E-state index in [9.17, 15) is 0 Å². The Kier molecular flexibility index (Phi) is 6.67. The van der Waals surface area contributed by atoms with Gasteiger partial charge in [-0.05, 0) is 105 Å². The number of aromatic nitrogens is 1. The zero-order chi connectivity index (χ0) is 33.1. The van der Waals surface area contributed by atoms with Crippen LogP contribution in [-0.4, -0.2) is 4.57 Å². The van der Waals surface area contributed by atoms with Crippen LogP contribution >= 0.6 is 0 Å². The molecule has 2 nitrogen and oxygen atoms in total. The van der Waals surface area contributed by atoms with Gasteiger partial charge in [-0.3, -0.25) is 0 Å². The summed E-state index contributed by atoms with van der Waals surface area (Å²) in [6.45, 7) is 8.56. The topological polar surface area (TPSA) is 8.17 Å². The average Bonchev–Trinajstić information content (AvgIpc) is 3.59. The fourth-order valence-corrected chi connectivity index (χ4v) is 7.91. The highest BCUT2D eigenvalue weighted by atomic mass is 15.1. The van der Waals surface area contributed by atoms with Crippen molar-refractivity contribution in [3.63, 3.8) is 0 Å². The zero-order valence-electron chi connectivity index (χ0n) is 27.8. The molecule has 0 atom stereocenters. The fourth-order valence-electron chi connectivity index (χ4n) is 7.91. The number of hydrogen-bond donors (Lipinski definition) is 0. The van der Waals surface area contributed by atoms with Gasteiger partial charge in [0.05, 0.1) is 11.0 Å². The maximum absolute atomic E-state index is 3.85. The third-order valence-corrected chi connectivity index (χ3v) is 10.3. The predicted octanol–water partition coefficient (Wildman–Crippen LogP) is 12.9. The summed E-state index contributed by atoms with van der Waals surface area (Å²) < 4.78 is 2.38. The van der Waals surface area contributed by atoms with Gasteiger partial charge in [-0.1, -0.05) is 124 Å². The molecule has 2 heteroatoms. The van der Waals surface area contributed by atoms with Crippen LogP contribution in [0.25, 0.3) is 55.5 Å². The van der Waals surface area contributed by atoms with Gasteiger partial charge in [0.25, 0.3) is 0 Å². The Hall–Kier alpha value is -6.12. The number of allylic oxidation sites excluding steroid dienone is 2. The van der Waals surface area contributed by atoms with Crippen LogP contribution in [0.2, 0.25) is 0 Å². The first kappa shape index (κ1) is 29.1. The van der Waals surface area contributed by atoms with Crippen LogP contribution in [0.3, 0.4) is 0 Å². The van der Waals surface area contributed by atoms with Gasteiger partial charge < -0.3 is 9.47 Å². The number of fused-ring (bicyclic) bond motifs is 7. The summed E-state index contributed by atoms with van der Waals surface area (Å²) in [7, 11) is 0. The van der Waals surface area contributed by atoms with E-state index in [0.717, 1.165) is 28.3 Å². The lowest BCUT2D eigenvalue weighted by molar-refractivity contribution is 0.660. The molecule has 1 aromatic heterocycles. The molecule has 7 aromatic carbocycles. The lowest BCUT2D eigenvalue weighted by Gasteiger charge is -2.28. The molecule has 0 saturated carbocycles. The van der Waals surface area contributed by atoms with Crippen molar-refractivity contribution < 1.29 is 0 Å². The molecule has 9 rings (SSSR count). The van der Waals surface area contributed by atoms with Crippen LogP contribution in [0.4, 0.5) is 17.1 Å². The van der Waals surface area contributed by atoms with Gasteiger partial charge in [0.2, 0.25) is 0 Å². The van der Waals surface area contributed by atoms with Gasteiger partial charge in [0.15, 0.2) is 0 Å². The zero-order valence-corrected chi connectivity index (χ0v) is 27.8. The average molecular weight is 629 g/mol. The van der Waals surface area contributed by atoms with Crippen molar-refractivity contribution in [1.29, 1.82) is 0 Å². The number of benzene rings is 7. The number of para-hydroxylation sites is 2. The molecule has 0 spiro atoms. The Bertz CT molecular complexity index is 2600. The molecule has 1 aliphatic carbocycles. The van der Waals surface area contributed by atoms with Crippen molar-refractivity contribution >= 4 is 55.7 Å². The van der Waals surface area contributed by atoms with Gasteiger partial charge in [0, 0.05) is 38.9 Å². The van der Waals surface area contributed by atoms with Gasteiger partial charge in [-0.25, -0.2) is 0 Å². The molecule has 0 radical (unpaired) electrons. The van der Waals surface area contributed by atoms with Crippen molar-refractivity contribution in [2.24, 2.45) is 0 Å². The van der Waals surface area contributed by atoms with E-state index in [2.05, 4.69) is 188 Å². The van der Waals surface area contributed by atoms with Crippen LogP contribution in [0, 0.1) is 0 Å². The minimum Gasteiger partial charge on any atom is -0.310 e. The highest BCUT2D eigenvalue weighted by Crippen LogP contribution is 2.51. The molecule has 0 unspecified atom stereocenters. The summed E-state index contributed by atoms with van der Waals surface area (Å²) in [5.74, 6) is 0. The minimum absolute atomic E-state index is 0.101. The molecular weight excluding hydrogens is 593 g/mol. The standard InChI is InChI=1S/C47H36N2/c1-4-5-13-32-20-21-33-22-23-36(29-34(33)28-32)48(38-24-26-40-39-16-9-11-18-43(39)47(2,3)44(40)31-38)37-25-27-46-42(30-37)41-17-10-12-19-45(41)49(46)35-14-7-6-8-15-35/h4-31H,1H2,2-3H3/b13-5-. The van der Waals surface area contributed by atoms with Crippen LogP contribution in [0.5, 0.6) is 0 Å². The SMILES string of the molecule is C=C/C=C\c1ccc2ccc(N(c3ccc4c(c3)C(C)(C)c3ccccc3-4)c3ccc4c(c3)c3ccccc3n4-c3ccccc3)cc2c1. The molecule has 8 aromatic rings. The second-order valence-corrected chi connectivity index (χ2v) is 13.5. The van der Waals surface area contributed by atoms with Crippen LogP contribution < -0.4 is 4.90 Å². The first-order valence-electron chi connectivity index (χ1n) is 17.0. The minimum atomic E-state index is -0.101. The molecule has 0 saturated heterocycles. The van der Waals surface area contributed by atoms with E-state index in [1.807, 2.05) is 12.2 Å². The molecule has 0 amide bonds. The van der Waals surface area contributed by atoms with Crippen molar-refractivity contribution in [2.45, 2.75) is 19.3 Å². The summed E-state index contributed by atoms with van der Waals surface area (Å²) in [6.07, 6.45) is 5.91. The number of hydrogen-bond acceptors (Lipinski definition) is 1. The predicted molar refractivity (Wildman–Crippen MR) is 210 cm³/mol. The normalized spacial score (nSPS) is 13.3. The molecule has 0 bridgehead atoms. The highest BCUT2D eigenvalue weighted by Gasteiger charge is 2.35. The Morgan fingerprint density at radius 1 is 0.551 bits per heavy atom. The number of nitrogens with zero attached hydrogens (tertiary/aromatic N) is 2. The third kappa shape index (κ3) is 4.63. The number of rotatable bonds is 6. The van der Waals surface area contributed by atoms with E-state index in [4.69, 9.17) is 0 Å². The van der Waals surface area contributed by atoms with Gasteiger partial charge in [-0.15, -0.1) is 0 Å². The van der Waals surface area contributed by atoms with E-state index in [1.54, 1.807) is 0 Å². The van der Waals surface area contributed by atoms with Gasteiger partial charge >= 0.3 is 0 Å². The summed E-state index contributed by atoms with van der Waals surface area (Å²) in [4.78, 5) is 2.43. The Morgan fingerprint density at radius 2 is 1.22 bits per heavy atom. The van der Waals surface area contributed by atoms with Crippen molar-refractivity contribution in [1.82, 2.24) is 4.57 Å². The van der Waals surface area contributed by atoms with Crippen LogP contribution in [0.1, 0.15) is 30.5 Å². The van der Waals surface area contributed by atoms with Crippen molar-refractivity contribution in [2.75, 3.05) is 4.90 Å². The van der Waals surface area contributed by atoms with E-state index in [-0.39, 0.29) is 5.41 Å². The lowest BCUT2D eigenvalue weighted by atomic mass is 9.82. The fraction of sp³-hybridized carbons (Fsp3) is 0.0638.